The number of rotatable bonds is 5. The van der Waals surface area contributed by atoms with Crippen molar-refractivity contribution in [1.29, 1.82) is 0 Å². The van der Waals surface area contributed by atoms with E-state index in [4.69, 9.17) is 5.73 Å². The lowest BCUT2D eigenvalue weighted by molar-refractivity contribution is -0.125. The number of aryl methyl sites for hydroxylation is 1. The van der Waals surface area contributed by atoms with Crippen LogP contribution in [0.4, 0.5) is 0 Å². The van der Waals surface area contributed by atoms with Gasteiger partial charge in [-0.15, -0.1) is 11.3 Å². The van der Waals surface area contributed by atoms with Gasteiger partial charge in [0.05, 0.1) is 6.54 Å². The van der Waals surface area contributed by atoms with Crippen LogP contribution in [0.1, 0.15) is 30.7 Å². The van der Waals surface area contributed by atoms with Crippen LogP contribution in [0, 0.1) is 5.92 Å². The van der Waals surface area contributed by atoms with Crippen LogP contribution < -0.4 is 11.1 Å². The Morgan fingerprint density at radius 2 is 2.31 bits per heavy atom. The number of carbonyl (C=O) groups excluding carboxylic acids is 1. The summed E-state index contributed by atoms with van der Waals surface area (Å²) in [6.45, 7) is 6.26. The SMILES string of the molecule is CCc1cnc(CNC(=O)C(C)C(C)N)s1. The fourth-order valence-electron chi connectivity index (χ4n) is 1.16. The summed E-state index contributed by atoms with van der Waals surface area (Å²) in [5, 5.41) is 3.79. The van der Waals surface area contributed by atoms with E-state index in [1.54, 1.807) is 11.3 Å². The molecular formula is C11H19N3OS. The highest BCUT2D eigenvalue weighted by Gasteiger charge is 2.16. The number of hydrogen-bond donors (Lipinski definition) is 2. The van der Waals surface area contributed by atoms with Crippen molar-refractivity contribution < 1.29 is 4.79 Å². The topological polar surface area (TPSA) is 68.0 Å². The number of hydrogen-bond acceptors (Lipinski definition) is 4. The molecule has 1 rings (SSSR count). The molecule has 1 aromatic rings. The van der Waals surface area contributed by atoms with E-state index in [9.17, 15) is 4.79 Å². The molecule has 1 amide bonds. The van der Waals surface area contributed by atoms with E-state index >= 15 is 0 Å². The largest absolute Gasteiger partial charge is 0.349 e. The molecule has 1 aromatic heterocycles. The van der Waals surface area contributed by atoms with E-state index in [1.807, 2.05) is 20.0 Å². The molecule has 0 saturated carbocycles. The molecule has 90 valence electrons. The first-order chi connectivity index (χ1) is 7.54. The number of thiazole rings is 1. The van der Waals surface area contributed by atoms with Crippen LogP contribution in [0.2, 0.25) is 0 Å². The van der Waals surface area contributed by atoms with Crippen molar-refractivity contribution in [1.82, 2.24) is 10.3 Å². The Labute approximate surface area is 100 Å². The van der Waals surface area contributed by atoms with Crippen molar-refractivity contribution >= 4 is 17.2 Å². The summed E-state index contributed by atoms with van der Waals surface area (Å²) in [5.74, 6) is -0.172. The number of nitrogens with zero attached hydrogens (tertiary/aromatic N) is 1. The predicted octanol–water partition coefficient (Wildman–Crippen LogP) is 1.30. The van der Waals surface area contributed by atoms with Crippen LogP contribution in [0.3, 0.4) is 0 Å². The first-order valence-corrected chi connectivity index (χ1v) is 6.33. The molecule has 4 nitrogen and oxygen atoms in total. The van der Waals surface area contributed by atoms with Crippen molar-refractivity contribution in [2.24, 2.45) is 11.7 Å². The standard InChI is InChI=1S/C11H19N3OS/c1-4-9-5-13-10(16-9)6-14-11(15)7(2)8(3)12/h5,7-8H,4,6,12H2,1-3H3,(H,14,15). The van der Waals surface area contributed by atoms with Crippen molar-refractivity contribution in [3.05, 3.63) is 16.1 Å². The molecule has 3 N–H and O–H groups in total. The lowest BCUT2D eigenvalue weighted by Crippen LogP contribution is -2.38. The van der Waals surface area contributed by atoms with E-state index < -0.39 is 0 Å². The van der Waals surface area contributed by atoms with E-state index in [1.165, 1.54) is 4.88 Å². The molecule has 2 atom stereocenters. The zero-order valence-corrected chi connectivity index (χ0v) is 10.8. The predicted molar refractivity (Wildman–Crippen MR) is 66.2 cm³/mol. The molecule has 16 heavy (non-hydrogen) atoms. The van der Waals surface area contributed by atoms with Crippen LogP contribution in [0.5, 0.6) is 0 Å². The third-order valence-electron chi connectivity index (χ3n) is 2.57. The van der Waals surface area contributed by atoms with Gasteiger partial charge in [0, 0.05) is 23.0 Å². The number of nitrogens with one attached hydrogen (secondary N) is 1. The maximum Gasteiger partial charge on any atom is 0.224 e. The van der Waals surface area contributed by atoms with Gasteiger partial charge in [-0.05, 0) is 13.3 Å². The maximum atomic E-state index is 11.6. The summed E-state index contributed by atoms with van der Waals surface area (Å²) in [5.41, 5.74) is 5.66. The fraction of sp³-hybridized carbons (Fsp3) is 0.636. The van der Waals surface area contributed by atoms with Gasteiger partial charge >= 0.3 is 0 Å². The Morgan fingerprint density at radius 1 is 1.62 bits per heavy atom. The highest BCUT2D eigenvalue weighted by molar-refractivity contribution is 7.11. The van der Waals surface area contributed by atoms with Crippen molar-refractivity contribution in [2.75, 3.05) is 0 Å². The van der Waals surface area contributed by atoms with E-state index in [-0.39, 0.29) is 17.9 Å². The minimum absolute atomic E-state index is 0.0109. The zero-order chi connectivity index (χ0) is 12.1. The summed E-state index contributed by atoms with van der Waals surface area (Å²) >= 11 is 1.64. The van der Waals surface area contributed by atoms with Crippen LogP contribution in [0.15, 0.2) is 6.20 Å². The van der Waals surface area contributed by atoms with Gasteiger partial charge in [0.25, 0.3) is 0 Å². The highest BCUT2D eigenvalue weighted by Crippen LogP contribution is 2.13. The normalized spacial score (nSPS) is 14.5. The summed E-state index contributed by atoms with van der Waals surface area (Å²) in [6, 6.07) is -0.123. The molecule has 5 heteroatoms. The monoisotopic (exact) mass is 241 g/mol. The minimum Gasteiger partial charge on any atom is -0.349 e. The third kappa shape index (κ3) is 3.57. The Morgan fingerprint density at radius 3 is 2.81 bits per heavy atom. The van der Waals surface area contributed by atoms with Gasteiger partial charge in [0.1, 0.15) is 5.01 Å². The molecule has 0 spiro atoms. The molecule has 0 bridgehead atoms. The molecule has 0 aliphatic heterocycles. The van der Waals surface area contributed by atoms with Crippen molar-refractivity contribution in [3.63, 3.8) is 0 Å². The third-order valence-corrected chi connectivity index (χ3v) is 3.71. The summed E-state index contributed by atoms with van der Waals surface area (Å²) in [6.07, 6.45) is 2.85. The van der Waals surface area contributed by atoms with Crippen LogP contribution in [-0.2, 0) is 17.8 Å². The smallest absolute Gasteiger partial charge is 0.224 e. The molecular weight excluding hydrogens is 222 g/mol. The molecule has 0 fully saturated rings. The first-order valence-electron chi connectivity index (χ1n) is 5.51. The van der Waals surface area contributed by atoms with Gasteiger partial charge < -0.3 is 11.1 Å². The Balaban J connectivity index is 2.42. The second-order valence-electron chi connectivity index (χ2n) is 3.94. The number of nitrogens with two attached hydrogens (primary N) is 1. The van der Waals surface area contributed by atoms with Gasteiger partial charge in [-0.2, -0.15) is 0 Å². The second kappa shape index (κ2) is 5.96. The number of amides is 1. The number of aromatic nitrogens is 1. The first kappa shape index (κ1) is 13.1. The highest BCUT2D eigenvalue weighted by atomic mass is 32.1. The summed E-state index contributed by atoms with van der Waals surface area (Å²) in [7, 11) is 0. The zero-order valence-electron chi connectivity index (χ0n) is 9.99. The number of carbonyl (C=O) groups is 1. The molecule has 0 saturated heterocycles. The Bertz CT molecular complexity index is 349. The van der Waals surface area contributed by atoms with Gasteiger partial charge in [-0.1, -0.05) is 13.8 Å². The molecule has 0 aliphatic carbocycles. The lowest BCUT2D eigenvalue weighted by Gasteiger charge is -2.14. The lowest BCUT2D eigenvalue weighted by atomic mass is 10.0. The quantitative estimate of drug-likeness (QED) is 0.816. The fourth-order valence-corrected chi connectivity index (χ4v) is 1.96. The summed E-state index contributed by atoms with van der Waals surface area (Å²) in [4.78, 5) is 17.1. The van der Waals surface area contributed by atoms with Crippen molar-refractivity contribution in [3.8, 4) is 0 Å². The molecule has 0 aliphatic rings. The van der Waals surface area contributed by atoms with Gasteiger partial charge in [0.15, 0.2) is 0 Å². The average Bonchev–Trinajstić information content (AvgIpc) is 2.72. The summed E-state index contributed by atoms with van der Waals surface area (Å²) < 4.78 is 0. The molecule has 2 unspecified atom stereocenters. The molecule has 0 aromatic carbocycles. The van der Waals surface area contributed by atoms with Gasteiger partial charge in [0.2, 0.25) is 5.91 Å². The molecule has 0 radical (unpaired) electrons. The van der Waals surface area contributed by atoms with Crippen LogP contribution in [-0.4, -0.2) is 16.9 Å². The van der Waals surface area contributed by atoms with Crippen molar-refractivity contribution in [2.45, 2.75) is 39.8 Å². The average molecular weight is 241 g/mol. The van der Waals surface area contributed by atoms with E-state index in [2.05, 4.69) is 17.2 Å². The second-order valence-corrected chi connectivity index (χ2v) is 5.14. The Hall–Kier alpha value is -0.940. The van der Waals surface area contributed by atoms with E-state index in [0.717, 1.165) is 11.4 Å². The van der Waals surface area contributed by atoms with Crippen LogP contribution >= 0.6 is 11.3 Å². The minimum atomic E-state index is -0.161. The van der Waals surface area contributed by atoms with Gasteiger partial charge in [-0.3, -0.25) is 4.79 Å². The Kier molecular flexibility index (Phi) is 4.89. The maximum absolute atomic E-state index is 11.6. The van der Waals surface area contributed by atoms with Gasteiger partial charge in [-0.25, -0.2) is 4.98 Å². The molecule has 1 heterocycles. The van der Waals surface area contributed by atoms with Crippen LogP contribution in [0.25, 0.3) is 0 Å². The van der Waals surface area contributed by atoms with E-state index in [0.29, 0.717) is 6.54 Å².